The molecule has 150 valence electrons. The van der Waals surface area contributed by atoms with Gasteiger partial charge in [0.25, 0.3) is 0 Å². The van der Waals surface area contributed by atoms with Crippen LogP contribution in [0.2, 0.25) is 0 Å². The van der Waals surface area contributed by atoms with E-state index in [1.165, 1.54) is 27.8 Å². The monoisotopic (exact) mass is 402 g/mol. The first-order valence-electron chi connectivity index (χ1n) is 10.6. The molecule has 2 heteroatoms. The van der Waals surface area contributed by atoms with Crippen molar-refractivity contribution in [2.45, 2.75) is 58.5 Å². The minimum Gasteiger partial charge on any atom is -0.313 e. The Balaban J connectivity index is 2.22. The predicted octanol–water partition coefficient (Wildman–Crippen LogP) is 6.84. The van der Waals surface area contributed by atoms with Crippen molar-refractivity contribution in [1.82, 2.24) is 0 Å². The van der Waals surface area contributed by atoms with Crippen molar-refractivity contribution in [1.29, 1.82) is 0 Å². The summed E-state index contributed by atoms with van der Waals surface area (Å²) < 4.78 is 15.0. The Bertz CT molecular complexity index is 1110. The number of rotatable bonds is 3. The Labute approximate surface area is 175 Å². The van der Waals surface area contributed by atoms with Gasteiger partial charge < -0.3 is 4.57 Å². The van der Waals surface area contributed by atoms with Crippen molar-refractivity contribution in [2.24, 2.45) is 0 Å². The molecule has 0 radical (unpaired) electrons. The van der Waals surface area contributed by atoms with Crippen LogP contribution >= 0.6 is 7.14 Å². The summed E-state index contributed by atoms with van der Waals surface area (Å²) in [5.41, 5.74) is 5.93. The Morgan fingerprint density at radius 1 is 0.759 bits per heavy atom. The molecule has 0 amide bonds. The van der Waals surface area contributed by atoms with Crippen LogP contribution < -0.4 is 10.6 Å². The second-order valence-corrected chi connectivity index (χ2v) is 12.6. The Morgan fingerprint density at radius 3 is 2.00 bits per heavy atom. The molecule has 29 heavy (non-hydrogen) atoms. The van der Waals surface area contributed by atoms with Crippen LogP contribution in [0.1, 0.15) is 64.2 Å². The quantitative estimate of drug-likeness (QED) is 0.438. The predicted molar refractivity (Wildman–Crippen MR) is 127 cm³/mol. The minimum atomic E-state index is -2.81. The lowest BCUT2D eigenvalue weighted by molar-refractivity contribution is 0.575. The van der Waals surface area contributed by atoms with Crippen molar-refractivity contribution in [3.8, 4) is 11.1 Å². The summed E-state index contributed by atoms with van der Waals surface area (Å²) in [5.74, 6) is 0.358. The smallest absolute Gasteiger partial charge is 0.146 e. The van der Waals surface area contributed by atoms with Gasteiger partial charge in [0.1, 0.15) is 7.14 Å². The summed E-state index contributed by atoms with van der Waals surface area (Å²) >= 11 is 0. The summed E-state index contributed by atoms with van der Waals surface area (Å²) in [7, 11) is -2.81. The third-order valence-corrected chi connectivity index (χ3v) is 10.3. The highest BCUT2D eigenvalue weighted by Gasteiger charge is 2.47. The molecule has 1 heterocycles. The second-order valence-electron chi connectivity index (χ2n) is 9.34. The zero-order chi connectivity index (χ0) is 21.0. The molecule has 1 atom stereocenters. The van der Waals surface area contributed by atoms with E-state index in [-0.39, 0.29) is 11.1 Å². The van der Waals surface area contributed by atoms with E-state index in [2.05, 4.69) is 102 Å². The number of hydrogen-bond acceptors (Lipinski definition) is 1. The number of benzene rings is 3. The van der Waals surface area contributed by atoms with E-state index in [0.29, 0.717) is 5.92 Å². The van der Waals surface area contributed by atoms with Crippen LogP contribution in [0.15, 0.2) is 66.7 Å². The van der Waals surface area contributed by atoms with Crippen LogP contribution in [0.4, 0.5) is 0 Å². The molecule has 0 bridgehead atoms. The molecule has 1 aliphatic rings. The summed E-state index contributed by atoms with van der Waals surface area (Å²) in [5, 5.41) is 2.14. The van der Waals surface area contributed by atoms with Crippen LogP contribution in [0, 0.1) is 0 Å². The largest absolute Gasteiger partial charge is 0.313 e. The molecule has 0 N–H and O–H groups in total. The molecule has 1 aliphatic heterocycles. The van der Waals surface area contributed by atoms with Crippen molar-refractivity contribution < 1.29 is 4.57 Å². The van der Waals surface area contributed by atoms with E-state index in [4.69, 9.17) is 0 Å². The van der Waals surface area contributed by atoms with E-state index < -0.39 is 7.14 Å². The summed E-state index contributed by atoms with van der Waals surface area (Å²) in [6, 6.07) is 23.5. The van der Waals surface area contributed by atoms with E-state index in [1.54, 1.807) is 0 Å². The lowest BCUT2D eigenvalue weighted by Crippen LogP contribution is -2.42. The normalized spacial score (nSPS) is 19.9. The first kappa shape index (κ1) is 20.2. The third kappa shape index (κ3) is 2.86. The van der Waals surface area contributed by atoms with E-state index >= 15 is 4.57 Å². The molecule has 0 spiro atoms. The molecule has 0 fully saturated rings. The van der Waals surface area contributed by atoms with Gasteiger partial charge in [0.15, 0.2) is 0 Å². The van der Waals surface area contributed by atoms with Crippen LogP contribution in [0.5, 0.6) is 0 Å². The van der Waals surface area contributed by atoms with Gasteiger partial charge in [0.05, 0.1) is 0 Å². The zero-order valence-corrected chi connectivity index (χ0v) is 19.3. The molecule has 0 saturated carbocycles. The second kappa shape index (κ2) is 6.99. The SMILES string of the molecule is CC(C)c1ccc2c(c1-c1ccccc1)P(=O)(C(C)C)c1ccccc1C2(C)C. The molecular formula is C27H31OP. The summed E-state index contributed by atoms with van der Waals surface area (Å²) in [4.78, 5) is 0. The van der Waals surface area contributed by atoms with Crippen molar-refractivity contribution in [3.05, 3.63) is 83.4 Å². The summed E-state index contributed by atoms with van der Waals surface area (Å²) in [6.45, 7) is 13.3. The average Bonchev–Trinajstić information content (AvgIpc) is 2.71. The van der Waals surface area contributed by atoms with Gasteiger partial charge in [-0.1, -0.05) is 108 Å². The number of hydrogen-bond donors (Lipinski definition) is 0. The van der Waals surface area contributed by atoms with E-state index in [1.807, 2.05) is 6.07 Å². The summed E-state index contributed by atoms with van der Waals surface area (Å²) in [6.07, 6.45) is 0. The highest BCUT2D eigenvalue weighted by atomic mass is 31.2. The molecule has 0 saturated heterocycles. The van der Waals surface area contributed by atoms with Gasteiger partial charge in [-0.2, -0.15) is 0 Å². The van der Waals surface area contributed by atoms with Gasteiger partial charge in [-0.05, 0) is 33.7 Å². The van der Waals surface area contributed by atoms with Crippen molar-refractivity contribution in [3.63, 3.8) is 0 Å². The Morgan fingerprint density at radius 2 is 1.38 bits per heavy atom. The fourth-order valence-electron chi connectivity index (χ4n) is 4.94. The molecule has 3 aromatic carbocycles. The highest BCUT2D eigenvalue weighted by molar-refractivity contribution is 7.79. The maximum absolute atomic E-state index is 15.0. The standard InChI is InChI=1S/C27H31OP/c1-18(2)21-16-17-23-26(25(21)20-12-8-7-9-13-20)29(28,19(3)4)24-15-11-10-14-22(24)27(23,5)6/h7-19H,1-6H3. The Kier molecular flexibility index (Phi) is 4.87. The van der Waals surface area contributed by atoms with E-state index in [9.17, 15) is 0 Å². The maximum atomic E-state index is 15.0. The van der Waals surface area contributed by atoms with Crippen LogP contribution in [0.25, 0.3) is 11.1 Å². The molecule has 0 aromatic heterocycles. The first-order valence-corrected chi connectivity index (χ1v) is 12.4. The minimum absolute atomic E-state index is 0.0448. The topological polar surface area (TPSA) is 17.1 Å². The van der Waals surface area contributed by atoms with Gasteiger partial charge in [0, 0.05) is 21.7 Å². The maximum Gasteiger partial charge on any atom is 0.146 e. The highest BCUT2D eigenvalue weighted by Crippen LogP contribution is 2.58. The molecule has 1 nitrogen and oxygen atoms in total. The third-order valence-electron chi connectivity index (χ3n) is 6.56. The lowest BCUT2D eigenvalue weighted by Gasteiger charge is -2.42. The number of fused-ring (bicyclic) bond motifs is 2. The van der Waals surface area contributed by atoms with Crippen LogP contribution in [0.3, 0.4) is 0 Å². The first-order chi connectivity index (χ1) is 13.7. The molecule has 3 aromatic rings. The van der Waals surface area contributed by atoms with Gasteiger partial charge in [-0.15, -0.1) is 0 Å². The van der Waals surface area contributed by atoms with Gasteiger partial charge >= 0.3 is 0 Å². The van der Waals surface area contributed by atoms with Crippen molar-refractivity contribution in [2.75, 3.05) is 0 Å². The molecular weight excluding hydrogens is 371 g/mol. The fourth-order valence-corrected chi connectivity index (χ4v) is 8.57. The fraction of sp³-hybridized carbons (Fsp3) is 0.333. The van der Waals surface area contributed by atoms with Gasteiger partial charge in [-0.25, -0.2) is 0 Å². The van der Waals surface area contributed by atoms with Crippen molar-refractivity contribution >= 4 is 17.8 Å². The van der Waals surface area contributed by atoms with Gasteiger partial charge in [0.2, 0.25) is 0 Å². The molecule has 0 aliphatic carbocycles. The molecule has 4 rings (SSSR count). The van der Waals surface area contributed by atoms with E-state index in [0.717, 1.165) is 10.6 Å². The zero-order valence-electron chi connectivity index (χ0n) is 18.4. The Hall–Kier alpha value is -2.11. The lowest BCUT2D eigenvalue weighted by atomic mass is 9.75. The van der Waals surface area contributed by atoms with Crippen LogP contribution in [-0.4, -0.2) is 5.66 Å². The van der Waals surface area contributed by atoms with Crippen LogP contribution in [-0.2, 0) is 9.98 Å². The van der Waals surface area contributed by atoms with Gasteiger partial charge in [-0.3, -0.25) is 0 Å². The average molecular weight is 403 g/mol. The molecule has 1 unspecified atom stereocenters.